The van der Waals surface area contributed by atoms with Crippen molar-refractivity contribution in [3.63, 3.8) is 0 Å². The van der Waals surface area contributed by atoms with E-state index in [2.05, 4.69) is 10.1 Å². The molecule has 0 N–H and O–H groups in total. The number of halogens is 2. The molecule has 0 amide bonds. The number of rotatable bonds is 4. The summed E-state index contributed by atoms with van der Waals surface area (Å²) in [5.41, 5.74) is 3.19. The van der Waals surface area contributed by atoms with E-state index in [1.807, 2.05) is 11.0 Å². The van der Waals surface area contributed by atoms with E-state index in [4.69, 9.17) is 9.15 Å². The van der Waals surface area contributed by atoms with Crippen LogP contribution in [0.3, 0.4) is 0 Å². The highest BCUT2D eigenvalue weighted by atomic mass is 19.3. The Morgan fingerprint density at radius 3 is 2.84 bits per heavy atom. The monoisotopic (exact) mass is 438 g/mol. The molecule has 1 aliphatic rings. The SMILES string of the molecule is COC(=O)c1cc2ccoc2c(N2CCCc3cc(-c4cnn(C)c4)c(C(F)F)cc32)n1. The predicted octanol–water partition coefficient (Wildman–Crippen LogP) is 5.04. The van der Waals surface area contributed by atoms with Crippen molar-refractivity contribution in [2.75, 3.05) is 18.6 Å². The molecule has 0 saturated heterocycles. The van der Waals surface area contributed by atoms with Gasteiger partial charge in [-0.15, -0.1) is 0 Å². The number of hydrogen-bond donors (Lipinski definition) is 0. The number of methoxy groups -OCH3 is 1. The van der Waals surface area contributed by atoms with Crippen LogP contribution in [0, 0.1) is 0 Å². The summed E-state index contributed by atoms with van der Waals surface area (Å²) >= 11 is 0. The summed E-state index contributed by atoms with van der Waals surface area (Å²) in [6.45, 7) is 0.551. The quantitative estimate of drug-likeness (QED) is 0.416. The van der Waals surface area contributed by atoms with Crippen LogP contribution in [-0.4, -0.2) is 34.4 Å². The summed E-state index contributed by atoms with van der Waals surface area (Å²) in [6.07, 6.45) is 3.68. The van der Waals surface area contributed by atoms with Crippen LogP contribution in [-0.2, 0) is 18.2 Å². The Labute approximate surface area is 182 Å². The van der Waals surface area contributed by atoms with Gasteiger partial charge in [0.2, 0.25) is 0 Å². The van der Waals surface area contributed by atoms with Crippen molar-refractivity contribution in [3.8, 4) is 11.1 Å². The first kappa shape index (κ1) is 20.2. The van der Waals surface area contributed by atoms with E-state index >= 15 is 0 Å². The van der Waals surface area contributed by atoms with Gasteiger partial charge in [-0.05, 0) is 48.2 Å². The summed E-state index contributed by atoms with van der Waals surface area (Å²) in [6, 6.07) is 6.65. The van der Waals surface area contributed by atoms with E-state index < -0.39 is 12.4 Å². The lowest BCUT2D eigenvalue weighted by molar-refractivity contribution is 0.0594. The third-order valence-electron chi connectivity index (χ3n) is 5.69. The Hall–Kier alpha value is -3.75. The number of anilines is 2. The highest BCUT2D eigenvalue weighted by Crippen LogP contribution is 2.42. The molecule has 0 bridgehead atoms. The van der Waals surface area contributed by atoms with E-state index in [0.717, 1.165) is 18.4 Å². The fourth-order valence-electron chi connectivity index (χ4n) is 4.21. The molecule has 0 fully saturated rings. The van der Waals surface area contributed by atoms with Crippen LogP contribution >= 0.6 is 0 Å². The number of nitrogens with zero attached hydrogens (tertiary/aromatic N) is 4. The standard InChI is InChI=1S/C23H20F2N4O3/c1-28-12-15(11-26-28)16-8-13-4-3-6-29(19(13)10-17(16)21(24)25)22-20-14(5-7-32-20)9-18(27-22)23(30)31-2/h5,7-12,21H,3-4,6H2,1-2H3. The number of carbonyl (C=O) groups excluding carboxylic acids is 1. The molecule has 1 aromatic carbocycles. The highest BCUT2D eigenvalue weighted by Gasteiger charge is 2.28. The van der Waals surface area contributed by atoms with Gasteiger partial charge in [0.25, 0.3) is 6.43 Å². The maximum absolute atomic E-state index is 14.1. The van der Waals surface area contributed by atoms with Crippen LogP contribution in [0.1, 0.15) is 34.5 Å². The smallest absolute Gasteiger partial charge is 0.356 e. The molecule has 1 aliphatic heterocycles. The number of pyridine rings is 1. The Morgan fingerprint density at radius 2 is 2.12 bits per heavy atom. The van der Waals surface area contributed by atoms with Crippen molar-refractivity contribution in [1.29, 1.82) is 0 Å². The number of hydrogen-bond acceptors (Lipinski definition) is 6. The van der Waals surface area contributed by atoms with Crippen LogP contribution < -0.4 is 4.90 Å². The van der Waals surface area contributed by atoms with Crippen molar-refractivity contribution in [3.05, 3.63) is 59.7 Å². The van der Waals surface area contributed by atoms with E-state index in [0.29, 0.717) is 40.1 Å². The highest BCUT2D eigenvalue weighted by molar-refractivity contribution is 5.97. The number of carbonyl (C=O) groups is 1. The number of benzene rings is 1. The minimum absolute atomic E-state index is 0.0801. The molecule has 4 heterocycles. The van der Waals surface area contributed by atoms with Gasteiger partial charge in [0.1, 0.15) is 0 Å². The maximum atomic E-state index is 14.1. The topological polar surface area (TPSA) is 73.4 Å². The van der Waals surface area contributed by atoms with Crippen molar-refractivity contribution in [1.82, 2.24) is 14.8 Å². The van der Waals surface area contributed by atoms with Crippen LogP contribution in [0.15, 0.2) is 47.3 Å². The molecule has 0 atom stereocenters. The van der Waals surface area contributed by atoms with Crippen molar-refractivity contribution in [2.24, 2.45) is 7.05 Å². The molecule has 32 heavy (non-hydrogen) atoms. The lowest BCUT2D eigenvalue weighted by atomic mass is 9.93. The Kier molecular flexibility index (Phi) is 4.88. The number of aryl methyl sites for hydroxylation is 2. The van der Waals surface area contributed by atoms with Crippen molar-refractivity contribution < 1.29 is 22.7 Å². The lowest BCUT2D eigenvalue weighted by Crippen LogP contribution is -2.26. The van der Waals surface area contributed by atoms with Gasteiger partial charge in [0, 0.05) is 42.0 Å². The third-order valence-corrected chi connectivity index (χ3v) is 5.69. The first-order valence-electron chi connectivity index (χ1n) is 10.1. The molecule has 3 aromatic heterocycles. The summed E-state index contributed by atoms with van der Waals surface area (Å²) in [7, 11) is 3.04. The van der Waals surface area contributed by atoms with Crippen LogP contribution in [0.25, 0.3) is 22.1 Å². The minimum Gasteiger partial charge on any atom is -0.464 e. The fraction of sp³-hybridized carbons (Fsp3) is 0.261. The second kappa shape index (κ2) is 7.74. The van der Waals surface area contributed by atoms with Gasteiger partial charge in [-0.3, -0.25) is 4.68 Å². The van der Waals surface area contributed by atoms with Crippen molar-refractivity contribution >= 4 is 28.4 Å². The molecule has 0 spiro atoms. The third kappa shape index (κ3) is 3.30. The van der Waals surface area contributed by atoms with Crippen LogP contribution in [0.4, 0.5) is 20.3 Å². The number of aromatic nitrogens is 3. The zero-order chi connectivity index (χ0) is 22.4. The summed E-state index contributed by atoms with van der Waals surface area (Å²) in [4.78, 5) is 18.5. The van der Waals surface area contributed by atoms with E-state index in [1.54, 1.807) is 36.3 Å². The van der Waals surface area contributed by atoms with Crippen molar-refractivity contribution in [2.45, 2.75) is 19.3 Å². The van der Waals surface area contributed by atoms with Gasteiger partial charge < -0.3 is 14.1 Å². The molecule has 5 rings (SSSR count). The van der Waals surface area contributed by atoms with Gasteiger partial charge in [-0.2, -0.15) is 5.10 Å². The normalized spacial score (nSPS) is 13.6. The Balaban J connectivity index is 1.70. The molecule has 0 aliphatic carbocycles. The average molecular weight is 438 g/mol. The number of esters is 1. The molecular formula is C23H20F2N4O3. The molecular weight excluding hydrogens is 418 g/mol. The Bertz CT molecular complexity index is 1330. The molecule has 0 unspecified atom stereocenters. The largest absolute Gasteiger partial charge is 0.464 e. The zero-order valence-electron chi connectivity index (χ0n) is 17.5. The summed E-state index contributed by atoms with van der Waals surface area (Å²) in [5, 5.41) is 4.81. The zero-order valence-corrected chi connectivity index (χ0v) is 17.5. The minimum atomic E-state index is -2.67. The predicted molar refractivity (Wildman–Crippen MR) is 114 cm³/mol. The summed E-state index contributed by atoms with van der Waals surface area (Å²) in [5.74, 6) is -0.171. The molecule has 4 aromatic rings. The Morgan fingerprint density at radius 1 is 1.28 bits per heavy atom. The second-order valence-corrected chi connectivity index (χ2v) is 7.69. The van der Waals surface area contributed by atoms with Gasteiger partial charge in [-0.1, -0.05) is 0 Å². The van der Waals surface area contributed by atoms with Gasteiger partial charge in [0.15, 0.2) is 17.1 Å². The number of furan rings is 1. The second-order valence-electron chi connectivity index (χ2n) is 7.69. The average Bonchev–Trinajstić information content (AvgIpc) is 3.45. The molecule has 0 radical (unpaired) electrons. The van der Waals surface area contributed by atoms with E-state index in [1.165, 1.54) is 19.4 Å². The molecule has 0 saturated carbocycles. The van der Waals surface area contributed by atoms with E-state index in [-0.39, 0.29) is 11.3 Å². The first-order valence-corrected chi connectivity index (χ1v) is 10.1. The van der Waals surface area contributed by atoms with E-state index in [9.17, 15) is 13.6 Å². The summed E-state index contributed by atoms with van der Waals surface area (Å²) < 4.78 is 40.3. The van der Waals surface area contributed by atoms with Gasteiger partial charge in [0.05, 0.1) is 19.6 Å². The fourth-order valence-corrected chi connectivity index (χ4v) is 4.21. The first-order chi connectivity index (χ1) is 15.5. The number of alkyl halides is 2. The number of ether oxygens (including phenoxy) is 1. The van der Waals surface area contributed by atoms with Gasteiger partial charge in [-0.25, -0.2) is 18.6 Å². The molecule has 9 heteroatoms. The molecule has 7 nitrogen and oxygen atoms in total. The van der Waals surface area contributed by atoms with Crippen LogP contribution in [0.2, 0.25) is 0 Å². The molecule has 164 valence electrons. The lowest BCUT2D eigenvalue weighted by Gasteiger charge is -2.31. The maximum Gasteiger partial charge on any atom is 0.356 e. The van der Waals surface area contributed by atoms with Gasteiger partial charge >= 0.3 is 5.97 Å². The van der Waals surface area contributed by atoms with Crippen LogP contribution in [0.5, 0.6) is 0 Å². The number of fused-ring (bicyclic) bond motifs is 2.